The third-order valence-electron chi connectivity index (χ3n) is 5.69. The number of benzene rings is 2. The summed E-state index contributed by atoms with van der Waals surface area (Å²) in [5.74, 6) is 0.679. The molecule has 0 spiro atoms. The predicted molar refractivity (Wildman–Crippen MR) is 118 cm³/mol. The highest BCUT2D eigenvalue weighted by Crippen LogP contribution is 2.29. The molecule has 0 aromatic heterocycles. The molecule has 3 rings (SSSR count). The zero-order valence-corrected chi connectivity index (χ0v) is 18.6. The van der Waals surface area contributed by atoms with Gasteiger partial charge in [0, 0.05) is 31.8 Å². The summed E-state index contributed by atoms with van der Waals surface area (Å²) in [6, 6.07) is 13.2. The van der Waals surface area contributed by atoms with Crippen molar-refractivity contribution in [1.29, 1.82) is 0 Å². The Labute approximate surface area is 183 Å². The second kappa shape index (κ2) is 10.3. The van der Waals surface area contributed by atoms with E-state index in [-0.39, 0.29) is 24.4 Å². The number of carbonyl (C=O) groups is 2. The Hall–Kier alpha value is -3.06. The van der Waals surface area contributed by atoms with Gasteiger partial charge in [0.1, 0.15) is 18.0 Å². The van der Waals surface area contributed by atoms with Crippen LogP contribution in [0.1, 0.15) is 34.5 Å². The van der Waals surface area contributed by atoms with Gasteiger partial charge in [0.15, 0.2) is 0 Å². The first-order valence-electron chi connectivity index (χ1n) is 10.4. The number of hydrogen-bond donors (Lipinski definition) is 0. The van der Waals surface area contributed by atoms with E-state index in [1.165, 1.54) is 24.7 Å². The van der Waals surface area contributed by atoms with Gasteiger partial charge in [-0.15, -0.1) is 0 Å². The third kappa shape index (κ3) is 5.17. The van der Waals surface area contributed by atoms with Gasteiger partial charge in [-0.1, -0.05) is 24.3 Å². The monoisotopic (exact) mass is 426 g/mol. The number of hydrogen-bond acceptors (Lipinski definition) is 5. The van der Waals surface area contributed by atoms with E-state index in [9.17, 15) is 9.59 Å². The molecule has 1 unspecified atom stereocenters. The van der Waals surface area contributed by atoms with Gasteiger partial charge in [-0.3, -0.25) is 9.59 Å². The second-order valence-electron chi connectivity index (χ2n) is 7.53. The Morgan fingerprint density at radius 1 is 1.06 bits per heavy atom. The van der Waals surface area contributed by atoms with Crippen LogP contribution in [0.5, 0.6) is 11.5 Å². The maximum absolute atomic E-state index is 13.3. The van der Waals surface area contributed by atoms with Crippen molar-refractivity contribution in [3.8, 4) is 11.5 Å². The highest BCUT2D eigenvalue weighted by atomic mass is 16.5. The molecule has 31 heavy (non-hydrogen) atoms. The number of methoxy groups -OCH3 is 3. The lowest BCUT2D eigenvalue weighted by molar-refractivity contribution is -0.134. The molecule has 1 heterocycles. The van der Waals surface area contributed by atoms with Crippen molar-refractivity contribution in [2.45, 2.75) is 19.4 Å². The van der Waals surface area contributed by atoms with Gasteiger partial charge in [-0.25, -0.2) is 0 Å². The molecular formula is C24H30N2O5. The average molecular weight is 427 g/mol. The lowest BCUT2D eigenvalue weighted by Crippen LogP contribution is -2.46. The number of ether oxygens (including phenoxy) is 3. The van der Waals surface area contributed by atoms with E-state index in [0.717, 1.165) is 12.0 Å². The summed E-state index contributed by atoms with van der Waals surface area (Å²) in [6.07, 6.45) is 0.811. The highest BCUT2D eigenvalue weighted by molar-refractivity contribution is 5.97. The van der Waals surface area contributed by atoms with Crippen molar-refractivity contribution in [2.75, 3.05) is 47.6 Å². The Morgan fingerprint density at radius 2 is 1.74 bits per heavy atom. The van der Waals surface area contributed by atoms with Crippen molar-refractivity contribution in [3.63, 3.8) is 0 Å². The van der Waals surface area contributed by atoms with Crippen molar-refractivity contribution in [3.05, 3.63) is 59.2 Å². The van der Waals surface area contributed by atoms with Crippen LogP contribution < -0.4 is 9.47 Å². The molecule has 0 bridgehead atoms. The molecule has 7 nitrogen and oxygen atoms in total. The molecule has 0 N–H and O–H groups in total. The van der Waals surface area contributed by atoms with Crippen LogP contribution in [0, 0.1) is 0 Å². The van der Waals surface area contributed by atoms with Crippen LogP contribution in [-0.4, -0.2) is 69.2 Å². The van der Waals surface area contributed by atoms with E-state index in [0.29, 0.717) is 36.8 Å². The minimum absolute atomic E-state index is 0.0196. The molecule has 0 saturated heterocycles. The Bertz CT molecular complexity index is 908. The van der Waals surface area contributed by atoms with Gasteiger partial charge < -0.3 is 24.0 Å². The number of rotatable bonds is 8. The van der Waals surface area contributed by atoms with E-state index in [1.807, 2.05) is 24.0 Å². The zero-order valence-electron chi connectivity index (χ0n) is 18.6. The van der Waals surface area contributed by atoms with Crippen molar-refractivity contribution < 1.29 is 23.8 Å². The largest absolute Gasteiger partial charge is 0.497 e. The molecule has 0 saturated carbocycles. The average Bonchev–Trinajstić information content (AvgIpc) is 2.81. The minimum atomic E-state index is -0.271. The summed E-state index contributed by atoms with van der Waals surface area (Å²) < 4.78 is 15.7. The third-order valence-corrected chi connectivity index (χ3v) is 5.69. The molecule has 166 valence electrons. The fraction of sp³-hybridized carbons (Fsp3) is 0.417. The summed E-state index contributed by atoms with van der Waals surface area (Å²) in [5, 5.41) is 0. The van der Waals surface area contributed by atoms with Crippen LogP contribution in [0.3, 0.4) is 0 Å². The second-order valence-corrected chi connectivity index (χ2v) is 7.53. The minimum Gasteiger partial charge on any atom is -0.497 e. The Balaban J connectivity index is 1.80. The van der Waals surface area contributed by atoms with Crippen LogP contribution in [-0.2, 0) is 16.0 Å². The lowest BCUT2D eigenvalue weighted by Gasteiger charge is -2.36. The Morgan fingerprint density at radius 3 is 2.39 bits per heavy atom. The van der Waals surface area contributed by atoms with Gasteiger partial charge >= 0.3 is 0 Å². The molecule has 2 aromatic rings. The van der Waals surface area contributed by atoms with Crippen LogP contribution >= 0.6 is 0 Å². The van der Waals surface area contributed by atoms with Gasteiger partial charge in [0.05, 0.1) is 26.9 Å². The van der Waals surface area contributed by atoms with E-state index in [1.54, 1.807) is 25.3 Å². The first-order chi connectivity index (χ1) is 15.0. The van der Waals surface area contributed by atoms with Crippen LogP contribution in [0.15, 0.2) is 42.5 Å². The number of carbonyl (C=O) groups excluding carboxylic acids is 2. The van der Waals surface area contributed by atoms with E-state index in [4.69, 9.17) is 14.2 Å². The fourth-order valence-electron chi connectivity index (χ4n) is 3.93. The van der Waals surface area contributed by atoms with Crippen LogP contribution in [0.4, 0.5) is 0 Å². The van der Waals surface area contributed by atoms with Crippen LogP contribution in [0.25, 0.3) is 0 Å². The molecular weight excluding hydrogens is 396 g/mol. The fourth-order valence-corrected chi connectivity index (χ4v) is 3.93. The number of nitrogens with zero attached hydrogens (tertiary/aromatic N) is 2. The lowest BCUT2D eigenvalue weighted by atomic mass is 9.93. The van der Waals surface area contributed by atoms with Gasteiger partial charge in [0.2, 0.25) is 5.91 Å². The first-order valence-corrected chi connectivity index (χ1v) is 10.4. The summed E-state index contributed by atoms with van der Waals surface area (Å²) in [4.78, 5) is 29.9. The topological polar surface area (TPSA) is 68.3 Å². The number of amides is 2. The van der Waals surface area contributed by atoms with Gasteiger partial charge in [-0.2, -0.15) is 0 Å². The maximum atomic E-state index is 13.3. The van der Waals surface area contributed by atoms with Crippen molar-refractivity contribution in [2.24, 2.45) is 0 Å². The molecule has 1 atom stereocenters. The van der Waals surface area contributed by atoms with Crippen molar-refractivity contribution in [1.82, 2.24) is 9.80 Å². The van der Waals surface area contributed by atoms with E-state index < -0.39 is 0 Å². The van der Waals surface area contributed by atoms with E-state index >= 15 is 0 Å². The molecule has 1 aliphatic rings. The van der Waals surface area contributed by atoms with Gasteiger partial charge in [-0.05, 0) is 36.6 Å². The molecule has 7 heteroatoms. The van der Waals surface area contributed by atoms with Gasteiger partial charge in [0.25, 0.3) is 5.91 Å². The smallest absolute Gasteiger partial charge is 0.254 e. The predicted octanol–water partition coefficient (Wildman–Crippen LogP) is 2.94. The van der Waals surface area contributed by atoms with Crippen LogP contribution in [0.2, 0.25) is 0 Å². The molecule has 0 radical (unpaired) electrons. The highest BCUT2D eigenvalue weighted by Gasteiger charge is 2.29. The zero-order chi connectivity index (χ0) is 22.4. The van der Waals surface area contributed by atoms with E-state index in [2.05, 4.69) is 12.1 Å². The molecule has 1 aliphatic heterocycles. The normalized spacial score (nSPS) is 15.2. The first kappa shape index (κ1) is 22.6. The summed E-state index contributed by atoms with van der Waals surface area (Å²) in [6.45, 7) is 3.28. The van der Waals surface area contributed by atoms with Crippen molar-refractivity contribution >= 4 is 11.8 Å². The molecule has 0 fully saturated rings. The SMILES string of the molecule is COCCN(CC(=O)N1CCc2ccccc2C1C)C(=O)c1cc(OC)cc(OC)c1. The number of fused-ring (bicyclic) bond motifs is 1. The standard InChI is InChI=1S/C24H30N2O5/c1-17-22-8-6-5-7-18(22)9-10-26(17)23(27)16-25(11-12-29-2)24(28)19-13-20(30-3)15-21(14-19)31-4/h5-8,13-15,17H,9-12,16H2,1-4H3. The molecule has 2 amide bonds. The molecule has 0 aliphatic carbocycles. The Kier molecular flexibility index (Phi) is 7.52. The summed E-state index contributed by atoms with van der Waals surface area (Å²) in [5.41, 5.74) is 2.83. The summed E-state index contributed by atoms with van der Waals surface area (Å²) in [7, 11) is 4.64. The summed E-state index contributed by atoms with van der Waals surface area (Å²) >= 11 is 0. The maximum Gasteiger partial charge on any atom is 0.254 e. The quantitative estimate of drug-likeness (QED) is 0.649. The molecule has 2 aromatic carbocycles.